The third kappa shape index (κ3) is 3.21. The van der Waals surface area contributed by atoms with Crippen LogP contribution < -0.4 is 0 Å². The minimum Gasteiger partial charge on any atom is -0.343 e. The molecular weight excluding hydrogens is 136 g/mol. The first-order valence-electron chi connectivity index (χ1n) is 4.53. The van der Waals surface area contributed by atoms with Crippen LogP contribution in [0.3, 0.4) is 0 Å². The summed E-state index contributed by atoms with van der Waals surface area (Å²) in [6.07, 6.45) is 2.33. The van der Waals surface area contributed by atoms with E-state index in [-0.39, 0.29) is 0 Å². The van der Waals surface area contributed by atoms with Crippen molar-refractivity contribution in [2.24, 2.45) is 0 Å². The summed E-state index contributed by atoms with van der Waals surface area (Å²) in [5.41, 5.74) is 0. The summed E-state index contributed by atoms with van der Waals surface area (Å²) in [7, 11) is 2.19. The molecule has 0 N–H and O–H groups in total. The lowest BCUT2D eigenvalue weighted by Gasteiger charge is -2.32. The van der Waals surface area contributed by atoms with Crippen molar-refractivity contribution in [3.05, 3.63) is 6.92 Å². The van der Waals surface area contributed by atoms with Crippen molar-refractivity contribution in [3.8, 4) is 0 Å². The van der Waals surface area contributed by atoms with Crippen LogP contribution in [-0.4, -0.2) is 49.6 Å². The fourth-order valence-corrected chi connectivity index (χ4v) is 1.41. The summed E-state index contributed by atoms with van der Waals surface area (Å²) in [4.78, 5) is 4.92. The van der Waals surface area contributed by atoms with Crippen LogP contribution in [0.5, 0.6) is 0 Å². The summed E-state index contributed by atoms with van der Waals surface area (Å²) in [6, 6.07) is 0. The van der Waals surface area contributed by atoms with Crippen LogP contribution in [0.15, 0.2) is 0 Å². The third-order valence-corrected chi connectivity index (χ3v) is 2.32. The zero-order chi connectivity index (χ0) is 8.10. The molecule has 0 aliphatic carbocycles. The van der Waals surface area contributed by atoms with E-state index < -0.39 is 0 Å². The molecule has 0 saturated carbocycles. The van der Waals surface area contributed by atoms with Crippen molar-refractivity contribution < 1.29 is 0 Å². The Morgan fingerprint density at radius 3 is 2.36 bits per heavy atom. The second kappa shape index (κ2) is 4.73. The zero-order valence-corrected chi connectivity index (χ0v) is 7.55. The van der Waals surface area contributed by atoms with E-state index in [1.54, 1.807) is 0 Å². The summed E-state index contributed by atoms with van der Waals surface area (Å²) in [6.45, 7) is 10.1. The fourth-order valence-electron chi connectivity index (χ4n) is 1.41. The molecule has 1 fully saturated rings. The molecule has 0 unspecified atom stereocenters. The maximum absolute atomic E-state index is 3.85. The van der Waals surface area contributed by atoms with Gasteiger partial charge in [-0.1, -0.05) is 6.42 Å². The lowest BCUT2D eigenvalue weighted by molar-refractivity contribution is 0.153. The van der Waals surface area contributed by atoms with Gasteiger partial charge in [-0.2, -0.15) is 6.42 Å². The molecule has 0 aromatic heterocycles. The quantitative estimate of drug-likeness (QED) is 0.557. The number of unbranched alkanes of at least 4 members (excludes halogenated alkanes) is 1. The van der Waals surface area contributed by atoms with E-state index in [1.807, 2.05) is 0 Å². The molecule has 0 bridgehead atoms. The molecule has 2 heteroatoms. The molecule has 1 aliphatic rings. The lowest BCUT2D eigenvalue weighted by atomic mass is 10.3. The van der Waals surface area contributed by atoms with Gasteiger partial charge >= 0.3 is 0 Å². The van der Waals surface area contributed by atoms with Crippen molar-refractivity contribution in [1.29, 1.82) is 0 Å². The molecule has 0 atom stereocenters. The Morgan fingerprint density at radius 2 is 1.82 bits per heavy atom. The highest BCUT2D eigenvalue weighted by molar-refractivity contribution is 4.68. The van der Waals surface area contributed by atoms with E-state index in [2.05, 4.69) is 23.8 Å². The van der Waals surface area contributed by atoms with Crippen LogP contribution in [0.4, 0.5) is 0 Å². The van der Waals surface area contributed by atoms with E-state index in [0.717, 1.165) is 6.42 Å². The van der Waals surface area contributed by atoms with E-state index in [9.17, 15) is 0 Å². The maximum atomic E-state index is 3.85. The topological polar surface area (TPSA) is 6.48 Å². The van der Waals surface area contributed by atoms with E-state index in [0.29, 0.717) is 0 Å². The fraction of sp³-hybridized carbons (Fsp3) is 0.889. The Morgan fingerprint density at radius 1 is 1.18 bits per heavy atom. The molecule has 0 aromatic carbocycles. The standard InChI is InChI=1S/C9H19N2/c1-3-4-5-11-8-6-10(2)7-9-11/h1,3-9H2,2H3/q-1. The Labute approximate surface area is 70.2 Å². The smallest absolute Gasteiger partial charge is 0.0110 e. The largest absolute Gasteiger partial charge is 0.343 e. The second-order valence-electron chi connectivity index (χ2n) is 3.35. The monoisotopic (exact) mass is 155 g/mol. The SMILES string of the molecule is [CH2-]CCCN1CCN(C)CC1. The van der Waals surface area contributed by atoms with Gasteiger partial charge in [-0.15, -0.1) is 0 Å². The van der Waals surface area contributed by atoms with Gasteiger partial charge in [0.25, 0.3) is 0 Å². The van der Waals surface area contributed by atoms with Gasteiger partial charge in [0.05, 0.1) is 0 Å². The van der Waals surface area contributed by atoms with Gasteiger partial charge in [0, 0.05) is 26.2 Å². The Bertz CT molecular complexity index is 93.0. The van der Waals surface area contributed by atoms with Gasteiger partial charge in [0.15, 0.2) is 0 Å². The molecule has 0 radical (unpaired) electrons. The van der Waals surface area contributed by atoms with E-state index >= 15 is 0 Å². The van der Waals surface area contributed by atoms with Gasteiger partial charge in [0.1, 0.15) is 0 Å². The van der Waals surface area contributed by atoms with Crippen molar-refractivity contribution in [1.82, 2.24) is 9.80 Å². The van der Waals surface area contributed by atoms with Crippen LogP contribution >= 0.6 is 0 Å². The molecule has 1 heterocycles. The van der Waals surface area contributed by atoms with Crippen molar-refractivity contribution in [2.75, 3.05) is 39.8 Å². The maximum Gasteiger partial charge on any atom is 0.0110 e. The van der Waals surface area contributed by atoms with Crippen LogP contribution in [-0.2, 0) is 0 Å². The first-order valence-corrected chi connectivity index (χ1v) is 4.53. The van der Waals surface area contributed by atoms with Gasteiger partial charge in [0.2, 0.25) is 0 Å². The molecule has 2 nitrogen and oxygen atoms in total. The average molecular weight is 155 g/mol. The first kappa shape index (κ1) is 9.01. The molecule has 0 aromatic rings. The van der Waals surface area contributed by atoms with Crippen LogP contribution in [0.1, 0.15) is 12.8 Å². The second-order valence-corrected chi connectivity index (χ2v) is 3.35. The van der Waals surface area contributed by atoms with Crippen molar-refractivity contribution in [2.45, 2.75) is 12.8 Å². The van der Waals surface area contributed by atoms with Crippen LogP contribution in [0.2, 0.25) is 0 Å². The molecule has 11 heavy (non-hydrogen) atoms. The molecule has 1 saturated heterocycles. The van der Waals surface area contributed by atoms with Gasteiger partial charge in [-0.3, -0.25) is 0 Å². The van der Waals surface area contributed by atoms with Crippen molar-refractivity contribution in [3.63, 3.8) is 0 Å². The third-order valence-electron chi connectivity index (χ3n) is 2.32. The highest BCUT2D eigenvalue weighted by Crippen LogP contribution is 2.00. The number of likely N-dealkylation sites (N-methyl/N-ethyl adjacent to an activating group) is 1. The molecule has 0 amide bonds. The average Bonchev–Trinajstić information content (AvgIpc) is 2.04. The lowest BCUT2D eigenvalue weighted by Crippen LogP contribution is -2.44. The summed E-state index contributed by atoms with van der Waals surface area (Å²) in [5, 5.41) is 0. The molecule has 1 rings (SSSR count). The van der Waals surface area contributed by atoms with Gasteiger partial charge < -0.3 is 16.7 Å². The Balaban J connectivity index is 2.07. The van der Waals surface area contributed by atoms with E-state index in [4.69, 9.17) is 0 Å². The minimum absolute atomic E-state index is 1.08. The highest BCUT2D eigenvalue weighted by atomic mass is 15.2. The Kier molecular flexibility index (Phi) is 3.87. The van der Waals surface area contributed by atoms with Crippen LogP contribution in [0.25, 0.3) is 0 Å². The minimum atomic E-state index is 1.08. The predicted octanol–water partition coefficient (Wildman–Crippen LogP) is 0.848. The number of hydrogen-bond acceptors (Lipinski definition) is 2. The van der Waals surface area contributed by atoms with Crippen molar-refractivity contribution >= 4 is 0 Å². The first-order chi connectivity index (χ1) is 5.33. The number of hydrogen-bond donors (Lipinski definition) is 0. The molecule has 1 aliphatic heterocycles. The molecular formula is C9H19N2-. The zero-order valence-electron chi connectivity index (χ0n) is 7.55. The predicted molar refractivity (Wildman–Crippen MR) is 48.5 cm³/mol. The van der Waals surface area contributed by atoms with E-state index in [1.165, 1.54) is 39.1 Å². The van der Waals surface area contributed by atoms with Gasteiger partial charge in [-0.25, -0.2) is 0 Å². The number of piperazine rings is 1. The van der Waals surface area contributed by atoms with Gasteiger partial charge in [-0.05, 0) is 13.6 Å². The summed E-state index contributed by atoms with van der Waals surface area (Å²) >= 11 is 0. The van der Waals surface area contributed by atoms with Crippen LogP contribution in [0, 0.1) is 6.92 Å². The molecule has 66 valence electrons. The number of nitrogens with zero attached hydrogens (tertiary/aromatic N) is 2. The Hall–Kier alpha value is -0.0800. The number of rotatable bonds is 3. The molecule has 0 spiro atoms. The highest BCUT2D eigenvalue weighted by Gasteiger charge is 2.11. The summed E-state index contributed by atoms with van der Waals surface area (Å²) in [5.74, 6) is 0. The summed E-state index contributed by atoms with van der Waals surface area (Å²) < 4.78 is 0. The normalized spacial score (nSPS) is 22.4.